The van der Waals surface area contributed by atoms with Gasteiger partial charge in [-0.2, -0.15) is 0 Å². The van der Waals surface area contributed by atoms with E-state index in [0.29, 0.717) is 11.8 Å². The Bertz CT molecular complexity index is 63.9. The zero-order valence-corrected chi connectivity index (χ0v) is 6.17. The van der Waals surface area contributed by atoms with Crippen LogP contribution < -0.4 is 0 Å². The molecule has 0 saturated carbocycles. The summed E-state index contributed by atoms with van der Waals surface area (Å²) in [5.41, 5.74) is 0. The Morgan fingerprint density at radius 1 is 1.11 bits per heavy atom. The molecule has 0 aliphatic rings. The maximum absolute atomic E-state index is 8.65. The Labute approximate surface area is 56.5 Å². The molecule has 9 heavy (non-hydrogen) atoms. The van der Waals surface area contributed by atoms with Crippen molar-refractivity contribution in [2.45, 2.75) is 20.3 Å². The van der Waals surface area contributed by atoms with Gasteiger partial charge >= 0.3 is 0 Å². The summed E-state index contributed by atoms with van der Waals surface area (Å²) in [7, 11) is 0. The van der Waals surface area contributed by atoms with Gasteiger partial charge in [-0.1, -0.05) is 13.8 Å². The summed E-state index contributed by atoms with van der Waals surface area (Å²) >= 11 is 0. The summed E-state index contributed by atoms with van der Waals surface area (Å²) in [4.78, 5) is 0. The summed E-state index contributed by atoms with van der Waals surface area (Å²) < 4.78 is 0. The molecule has 0 aliphatic carbocycles. The number of hydrogen-bond acceptors (Lipinski definition) is 2. The quantitative estimate of drug-likeness (QED) is 0.589. The molecule has 0 bridgehead atoms. The minimum atomic E-state index is 0.223. The van der Waals surface area contributed by atoms with Gasteiger partial charge in [-0.15, -0.1) is 0 Å². The summed E-state index contributed by atoms with van der Waals surface area (Å²) in [6.45, 7) is 4.48. The lowest BCUT2D eigenvalue weighted by atomic mass is 9.94. The Balaban J connectivity index is 3.32. The van der Waals surface area contributed by atoms with Crippen molar-refractivity contribution in [1.82, 2.24) is 0 Å². The average Bonchev–Trinajstić information content (AvgIpc) is 1.87. The lowest BCUT2D eigenvalue weighted by molar-refractivity contribution is 0.169. The van der Waals surface area contributed by atoms with Gasteiger partial charge in [0.05, 0.1) is 0 Å². The second-order valence-electron chi connectivity index (χ2n) is 2.65. The highest BCUT2D eigenvalue weighted by Crippen LogP contribution is 2.12. The van der Waals surface area contributed by atoms with E-state index in [1.165, 1.54) is 0 Å². The van der Waals surface area contributed by atoms with E-state index < -0.39 is 0 Å². The lowest BCUT2D eigenvalue weighted by Gasteiger charge is -2.15. The molecule has 2 N–H and O–H groups in total. The molecular weight excluding hydrogens is 116 g/mol. The van der Waals surface area contributed by atoms with Gasteiger partial charge in [0.15, 0.2) is 0 Å². The Morgan fingerprint density at radius 2 is 1.67 bits per heavy atom. The molecule has 0 unspecified atom stereocenters. The predicted octanol–water partition coefficient (Wildman–Crippen LogP) is 0.633. The second-order valence-corrected chi connectivity index (χ2v) is 2.65. The summed E-state index contributed by atoms with van der Waals surface area (Å²) in [5, 5.41) is 17.1. The summed E-state index contributed by atoms with van der Waals surface area (Å²) in [6.07, 6.45) is 0.793. The number of rotatable bonds is 4. The predicted molar refractivity (Wildman–Crippen MR) is 37.1 cm³/mol. The van der Waals surface area contributed by atoms with Crippen LogP contribution in [0.5, 0.6) is 0 Å². The largest absolute Gasteiger partial charge is 0.396 e. The van der Waals surface area contributed by atoms with Crippen LogP contribution >= 0.6 is 0 Å². The Kier molecular flexibility index (Phi) is 4.72. The molecule has 0 aromatic heterocycles. The fourth-order valence-electron chi connectivity index (χ4n) is 0.668. The molecular formula is C7H16O2. The van der Waals surface area contributed by atoms with E-state index in [1.54, 1.807) is 0 Å². The topological polar surface area (TPSA) is 40.5 Å². The first kappa shape index (κ1) is 8.92. The molecule has 0 radical (unpaired) electrons. The highest BCUT2D eigenvalue weighted by molar-refractivity contribution is 4.59. The molecule has 2 nitrogen and oxygen atoms in total. The van der Waals surface area contributed by atoms with E-state index >= 15 is 0 Å². The molecule has 0 amide bonds. The van der Waals surface area contributed by atoms with Crippen molar-refractivity contribution in [3.8, 4) is 0 Å². The van der Waals surface area contributed by atoms with Gasteiger partial charge in [0.25, 0.3) is 0 Å². The van der Waals surface area contributed by atoms with E-state index in [9.17, 15) is 0 Å². The standard InChI is InChI=1S/C7H16O2/c1-6(3-4-8)7(2)5-9/h6-9H,3-5H2,1-2H3/t6-,7-/m1/s1. The van der Waals surface area contributed by atoms with E-state index in [2.05, 4.69) is 0 Å². The van der Waals surface area contributed by atoms with Gasteiger partial charge in [0.2, 0.25) is 0 Å². The van der Waals surface area contributed by atoms with E-state index in [1.807, 2.05) is 13.8 Å². The van der Waals surface area contributed by atoms with Crippen LogP contribution in [0, 0.1) is 11.8 Å². The zero-order valence-electron chi connectivity index (χ0n) is 6.17. The van der Waals surface area contributed by atoms with Crippen molar-refractivity contribution in [3.05, 3.63) is 0 Å². The third-order valence-corrected chi connectivity index (χ3v) is 1.84. The van der Waals surface area contributed by atoms with Crippen molar-refractivity contribution in [3.63, 3.8) is 0 Å². The van der Waals surface area contributed by atoms with Crippen molar-refractivity contribution < 1.29 is 10.2 Å². The molecule has 0 aromatic carbocycles. The van der Waals surface area contributed by atoms with Crippen LogP contribution in [0.4, 0.5) is 0 Å². The molecule has 0 aliphatic heterocycles. The maximum Gasteiger partial charge on any atom is 0.0459 e. The molecule has 0 heterocycles. The fraction of sp³-hybridized carbons (Fsp3) is 1.00. The van der Waals surface area contributed by atoms with Crippen molar-refractivity contribution >= 4 is 0 Å². The lowest BCUT2D eigenvalue weighted by Crippen LogP contribution is -2.13. The first-order valence-corrected chi connectivity index (χ1v) is 3.44. The van der Waals surface area contributed by atoms with Gasteiger partial charge in [-0.3, -0.25) is 0 Å². The normalized spacial score (nSPS) is 17.3. The molecule has 0 spiro atoms. The van der Waals surface area contributed by atoms with Crippen LogP contribution in [0.1, 0.15) is 20.3 Å². The van der Waals surface area contributed by atoms with Crippen LogP contribution in [0.2, 0.25) is 0 Å². The van der Waals surface area contributed by atoms with E-state index in [4.69, 9.17) is 10.2 Å². The van der Waals surface area contributed by atoms with E-state index in [0.717, 1.165) is 6.42 Å². The summed E-state index contributed by atoms with van der Waals surface area (Å²) in [6, 6.07) is 0. The Morgan fingerprint density at radius 3 is 2.00 bits per heavy atom. The highest BCUT2D eigenvalue weighted by Gasteiger charge is 2.08. The minimum absolute atomic E-state index is 0.223. The van der Waals surface area contributed by atoms with Gasteiger partial charge in [0.1, 0.15) is 0 Å². The molecule has 0 saturated heterocycles. The van der Waals surface area contributed by atoms with Crippen LogP contribution in [0.25, 0.3) is 0 Å². The second kappa shape index (κ2) is 4.77. The zero-order chi connectivity index (χ0) is 7.28. The number of aliphatic hydroxyl groups is 2. The fourth-order valence-corrected chi connectivity index (χ4v) is 0.668. The van der Waals surface area contributed by atoms with Gasteiger partial charge in [-0.05, 0) is 18.3 Å². The van der Waals surface area contributed by atoms with Gasteiger partial charge < -0.3 is 10.2 Å². The van der Waals surface area contributed by atoms with Gasteiger partial charge in [-0.25, -0.2) is 0 Å². The van der Waals surface area contributed by atoms with E-state index in [-0.39, 0.29) is 13.2 Å². The van der Waals surface area contributed by atoms with Gasteiger partial charge in [0, 0.05) is 13.2 Å². The smallest absolute Gasteiger partial charge is 0.0459 e. The SMILES string of the molecule is C[C@H](CO)[C@H](C)CCO. The molecule has 0 rings (SSSR count). The highest BCUT2D eigenvalue weighted by atomic mass is 16.3. The third-order valence-electron chi connectivity index (χ3n) is 1.84. The molecule has 2 atom stereocenters. The first-order chi connectivity index (χ1) is 4.22. The van der Waals surface area contributed by atoms with Crippen LogP contribution in [0.3, 0.4) is 0 Å². The van der Waals surface area contributed by atoms with Crippen LogP contribution in [-0.2, 0) is 0 Å². The van der Waals surface area contributed by atoms with Crippen molar-refractivity contribution in [2.75, 3.05) is 13.2 Å². The van der Waals surface area contributed by atoms with Crippen LogP contribution in [-0.4, -0.2) is 23.4 Å². The number of aliphatic hydroxyl groups excluding tert-OH is 2. The molecule has 56 valence electrons. The van der Waals surface area contributed by atoms with Crippen molar-refractivity contribution in [1.29, 1.82) is 0 Å². The molecule has 2 heteroatoms. The van der Waals surface area contributed by atoms with Crippen molar-refractivity contribution in [2.24, 2.45) is 11.8 Å². The minimum Gasteiger partial charge on any atom is -0.396 e. The number of hydrogen-bond donors (Lipinski definition) is 2. The van der Waals surface area contributed by atoms with Crippen LogP contribution in [0.15, 0.2) is 0 Å². The summed E-state index contributed by atoms with van der Waals surface area (Å²) in [5.74, 6) is 0.747. The Hall–Kier alpha value is -0.0800. The molecule has 0 aromatic rings. The third kappa shape index (κ3) is 3.49. The maximum atomic E-state index is 8.65. The molecule has 0 fully saturated rings. The monoisotopic (exact) mass is 132 g/mol. The average molecular weight is 132 g/mol. The first-order valence-electron chi connectivity index (χ1n) is 3.44.